The first-order chi connectivity index (χ1) is 7.65. The quantitative estimate of drug-likeness (QED) is 0.592. The third-order valence-corrected chi connectivity index (χ3v) is 2.40. The van der Waals surface area contributed by atoms with Crippen LogP contribution < -0.4 is 0 Å². The van der Waals surface area contributed by atoms with Gasteiger partial charge in [-0.3, -0.25) is 0 Å². The number of hydrogen-bond acceptors (Lipinski definition) is 4. The van der Waals surface area contributed by atoms with Crippen molar-refractivity contribution in [2.45, 2.75) is 12.7 Å². The molecule has 1 atom stereocenters. The van der Waals surface area contributed by atoms with Crippen molar-refractivity contribution >= 4 is 17.0 Å². The lowest BCUT2D eigenvalue weighted by Gasteiger charge is -2.11. The van der Waals surface area contributed by atoms with Crippen LogP contribution in [0.5, 0.6) is 0 Å². The lowest BCUT2D eigenvalue weighted by Crippen LogP contribution is -2.13. The maximum Gasteiger partial charge on any atom is 0.337 e. The zero-order valence-corrected chi connectivity index (χ0v) is 8.21. The highest BCUT2D eigenvalue weighted by atomic mass is 16.4. The normalized spacial score (nSPS) is 12.9. The van der Waals surface area contributed by atoms with Crippen molar-refractivity contribution < 1.29 is 20.1 Å². The van der Waals surface area contributed by atoms with E-state index in [9.17, 15) is 9.90 Å². The second-order valence-electron chi connectivity index (χ2n) is 3.34. The minimum atomic E-state index is -1.69. The molecule has 0 saturated heterocycles. The molecule has 0 aliphatic carbocycles. The Bertz CT molecular complexity index is 535. The monoisotopic (exact) mass is 222 g/mol. The zero-order valence-electron chi connectivity index (χ0n) is 8.21. The second kappa shape index (κ2) is 3.92. The Morgan fingerprint density at radius 1 is 1.50 bits per heavy atom. The van der Waals surface area contributed by atoms with Gasteiger partial charge >= 0.3 is 5.97 Å². The molecular formula is C10H10N2O4. The fourth-order valence-electron chi connectivity index (χ4n) is 1.64. The minimum Gasteiger partial charge on any atom is -0.479 e. The van der Waals surface area contributed by atoms with Gasteiger partial charge in [0.15, 0.2) is 6.10 Å². The van der Waals surface area contributed by atoms with Crippen molar-refractivity contribution in [2.75, 3.05) is 0 Å². The van der Waals surface area contributed by atoms with Gasteiger partial charge in [0.05, 0.1) is 24.0 Å². The number of carboxylic acids is 1. The summed E-state index contributed by atoms with van der Waals surface area (Å²) in [5.41, 5.74) is 1.47. The van der Waals surface area contributed by atoms with Crippen molar-refractivity contribution in [2.24, 2.45) is 0 Å². The van der Waals surface area contributed by atoms with Crippen molar-refractivity contribution in [1.82, 2.24) is 9.97 Å². The molecule has 0 aliphatic rings. The third kappa shape index (κ3) is 1.54. The summed E-state index contributed by atoms with van der Waals surface area (Å²) in [6.45, 7) is -0.345. The summed E-state index contributed by atoms with van der Waals surface area (Å²) in [5, 5.41) is 27.4. The number of rotatable bonds is 3. The Hall–Kier alpha value is -1.92. The number of aromatic nitrogens is 2. The number of aliphatic hydroxyl groups excluding tert-OH is 2. The standard InChI is InChI=1S/C10H10N2O4/c13-3-5-1-2-6-8(12-4-11-6)7(5)9(14)10(15)16/h1-2,4,9,13-14H,3H2,(H,11,12)(H,15,16). The van der Waals surface area contributed by atoms with Crippen LogP contribution in [-0.4, -0.2) is 31.3 Å². The molecule has 16 heavy (non-hydrogen) atoms. The van der Waals surface area contributed by atoms with Crippen LogP contribution in [0.2, 0.25) is 0 Å². The SMILES string of the molecule is O=C(O)C(O)c1c(CO)ccc2[nH]cnc12. The molecule has 84 valence electrons. The number of nitrogens with one attached hydrogen (secondary N) is 1. The zero-order chi connectivity index (χ0) is 11.7. The van der Waals surface area contributed by atoms with Gasteiger partial charge in [-0.1, -0.05) is 6.07 Å². The van der Waals surface area contributed by atoms with E-state index in [0.717, 1.165) is 0 Å². The maximum absolute atomic E-state index is 10.8. The molecule has 1 unspecified atom stereocenters. The first-order valence-corrected chi connectivity index (χ1v) is 4.61. The number of benzene rings is 1. The molecule has 2 rings (SSSR count). The van der Waals surface area contributed by atoms with Crippen LogP contribution in [-0.2, 0) is 11.4 Å². The predicted octanol–water partition coefficient (Wildman–Crippen LogP) is 0.173. The lowest BCUT2D eigenvalue weighted by molar-refractivity contribution is -0.146. The Labute approximate surface area is 90.2 Å². The van der Waals surface area contributed by atoms with E-state index in [1.54, 1.807) is 12.1 Å². The van der Waals surface area contributed by atoms with Gasteiger partial charge in [-0.2, -0.15) is 0 Å². The fourth-order valence-corrected chi connectivity index (χ4v) is 1.64. The number of aliphatic carboxylic acids is 1. The highest BCUT2D eigenvalue weighted by molar-refractivity contribution is 5.86. The molecular weight excluding hydrogens is 212 g/mol. The molecule has 0 amide bonds. The molecule has 4 N–H and O–H groups in total. The van der Waals surface area contributed by atoms with Gasteiger partial charge in [0.2, 0.25) is 0 Å². The molecule has 6 heteroatoms. The van der Waals surface area contributed by atoms with E-state index >= 15 is 0 Å². The number of carboxylic acid groups (broad SMARTS) is 1. The molecule has 0 bridgehead atoms. The highest BCUT2D eigenvalue weighted by Crippen LogP contribution is 2.26. The number of carbonyl (C=O) groups is 1. The maximum atomic E-state index is 10.8. The Morgan fingerprint density at radius 2 is 2.25 bits per heavy atom. The van der Waals surface area contributed by atoms with Gasteiger partial charge < -0.3 is 20.3 Å². The molecule has 0 fully saturated rings. The Morgan fingerprint density at radius 3 is 2.88 bits per heavy atom. The average Bonchev–Trinajstić information content (AvgIpc) is 2.74. The molecule has 2 aromatic rings. The number of aromatic amines is 1. The van der Waals surface area contributed by atoms with Crippen molar-refractivity contribution in [1.29, 1.82) is 0 Å². The molecule has 1 aromatic carbocycles. The largest absolute Gasteiger partial charge is 0.479 e. The van der Waals surface area contributed by atoms with Crippen LogP contribution in [0.1, 0.15) is 17.2 Å². The minimum absolute atomic E-state index is 0.133. The number of imidazole rings is 1. The Kier molecular flexibility index (Phi) is 2.59. The van der Waals surface area contributed by atoms with Crippen molar-refractivity contribution in [3.8, 4) is 0 Å². The summed E-state index contributed by atoms with van der Waals surface area (Å²) < 4.78 is 0. The molecule has 6 nitrogen and oxygen atoms in total. The van der Waals surface area contributed by atoms with Crippen LogP contribution >= 0.6 is 0 Å². The summed E-state index contributed by atoms with van der Waals surface area (Å²) in [5.74, 6) is -1.37. The smallest absolute Gasteiger partial charge is 0.337 e. The molecule has 0 radical (unpaired) electrons. The number of H-pyrrole nitrogens is 1. The molecule has 1 heterocycles. The van der Waals surface area contributed by atoms with Gasteiger partial charge in [-0.25, -0.2) is 9.78 Å². The summed E-state index contributed by atoms with van der Waals surface area (Å²) in [6.07, 6.45) is -0.279. The highest BCUT2D eigenvalue weighted by Gasteiger charge is 2.23. The van der Waals surface area contributed by atoms with Crippen LogP contribution in [0.4, 0.5) is 0 Å². The number of aliphatic hydroxyl groups is 2. The van der Waals surface area contributed by atoms with Crippen molar-refractivity contribution in [3.05, 3.63) is 29.6 Å². The van der Waals surface area contributed by atoms with E-state index in [-0.39, 0.29) is 12.2 Å². The lowest BCUT2D eigenvalue weighted by atomic mass is 10.0. The summed E-state index contributed by atoms with van der Waals surface area (Å²) in [6, 6.07) is 3.23. The van der Waals surface area contributed by atoms with Gasteiger partial charge in [-0.05, 0) is 11.6 Å². The molecule has 1 aromatic heterocycles. The van der Waals surface area contributed by atoms with Gasteiger partial charge in [0, 0.05) is 5.56 Å². The Balaban J connectivity index is 2.70. The summed E-state index contributed by atoms with van der Waals surface area (Å²) in [7, 11) is 0. The summed E-state index contributed by atoms with van der Waals surface area (Å²) in [4.78, 5) is 17.5. The summed E-state index contributed by atoms with van der Waals surface area (Å²) >= 11 is 0. The van der Waals surface area contributed by atoms with E-state index in [1.165, 1.54) is 6.33 Å². The van der Waals surface area contributed by atoms with E-state index in [0.29, 0.717) is 16.6 Å². The van der Waals surface area contributed by atoms with Gasteiger partial charge in [-0.15, -0.1) is 0 Å². The predicted molar refractivity (Wildman–Crippen MR) is 54.6 cm³/mol. The van der Waals surface area contributed by atoms with Crippen molar-refractivity contribution in [3.63, 3.8) is 0 Å². The van der Waals surface area contributed by atoms with E-state index < -0.39 is 12.1 Å². The van der Waals surface area contributed by atoms with E-state index in [1.807, 2.05) is 0 Å². The van der Waals surface area contributed by atoms with Crippen LogP contribution in [0, 0.1) is 0 Å². The third-order valence-electron chi connectivity index (χ3n) is 2.40. The molecule has 0 aliphatic heterocycles. The van der Waals surface area contributed by atoms with E-state index in [4.69, 9.17) is 10.2 Å². The average molecular weight is 222 g/mol. The van der Waals surface area contributed by atoms with Crippen LogP contribution in [0.15, 0.2) is 18.5 Å². The number of fused-ring (bicyclic) bond motifs is 1. The molecule has 0 spiro atoms. The van der Waals surface area contributed by atoms with Gasteiger partial charge in [0.1, 0.15) is 0 Å². The van der Waals surface area contributed by atoms with Crippen LogP contribution in [0.25, 0.3) is 11.0 Å². The first kappa shape index (κ1) is 10.6. The van der Waals surface area contributed by atoms with E-state index in [2.05, 4.69) is 9.97 Å². The van der Waals surface area contributed by atoms with Crippen LogP contribution in [0.3, 0.4) is 0 Å². The first-order valence-electron chi connectivity index (χ1n) is 4.61. The topological polar surface area (TPSA) is 106 Å². The number of nitrogens with zero attached hydrogens (tertiary/aromatic N) is 1. The van der Waals surface area contributed by atoms with Gasteiger partial charge in [0.25, 0.3) is 0 Å². The fraction of sp³-hybridized carbons (Fsp3) is 0.200. The number of hydrogen-bond donors (Lipinski definition) is 4. The second-order valence-corrected chi connectivity index (χ2v) is 3.34. The molecule has 0 saturated carbocycles.